The average Bonchev–Trinajstić information content (AvgIpc) is 3.47. The van der Waals surface area contributed by atoms with Crippen molar-refractivity contribution in [3.05, 3.63) is 96.8 Å². The minimum Gasteiger partial charge on any atom is -0.356 e. The first-order valence-corrected chi connectivity index (χ1v) is 12.0. The van der Waals surface area contributed by atoms with Crippen molar-refractivity contribution in [2.45, 2.75) is 25.8 Å². The molecule has 3 heterocycles. The van der Waals surface area contributed by atoms with Crippen molar-refractivity contribution in [2.24, 2.45) is 5.92 Å². The highest BCUT2D eigenvalue weighted by Crippen LogP contribution is 2.25. The highest BCUT2D eigenvalue weighted by Gasteiger charge is 2.29. The Labute approximate surface area is 205 Å². The van der Waals surface area contributed by atoms with Crippen LogP contribution in [0.3, 0.4) is 0 Å². The smallest absolute Gasteiger partial charge is 0.226 e. The van der Waals surface area contributed by atoms with Crippen molar-refractivity contribution < 1.29 is 4.79 Å². The largest absolute Gasteiger partial charge is 0.356 e. The van der Waals surface area contributed by atoms with Gasteiger partial charge in [0.2, 0.25) is 5.91 Å². The molecule has 8 nitrogen and oxygen atoms in total. The molecule has 5 rings (SSSR count). The van der Waals surface area contributed by atoms with Crippen molar-refractivity contribution >= 4 is 11.7 Å². The SMILES string of the molecule is O=C(C1CCN(c2cc(-n3cncn3)ncn2)CC1)N(CCc1ccccc1)Cc1ccccc1. The van der Waals surface area contributed by atoms with Crippen LogP contribution >= 0.6 is 0 Å². The van der Waals surface area contributed by atoms with Gasteiger partial charge in [-0.25, -0.2) is 19.6 Å². The second kappa shape index (κ2) is 10.9. The Bertz CT molecular complexity index is 1210. The first-order valence-electron chi connectivity index (χ1n) is 12.0. The van der Waals surface area contributed by atoms with E-state index in [0.717, 1.165) is 43.7 Å². The number of carbonyl (C=O) groups is 1. The van der Waals surface area contributed by atoms with Gasteiger partial charge in [0.25, 0.3) is 0 Å². The second-order valence-electron chi connectivity index (χ2n) is 8.82. The molecule has 1 amide bonds. The van der Waals surface area contributed by atoms with Gasteiger partial charge in [0.05, 0.1) is 0 Å². The predicted octanol–water partition coefficient (Wildman–Crippen LogP) is 3.55. The van der Waals surface area contributed by atoms with Gasteiger partial charge in [-0.15, -0.1) is 0 Å². The van der Waals surface area contributed by atoms with Crippen LogP contribution in [-0.2, 0) is 17.8 Å². The van der Waals surface area contributed by atoms with Gasteiger partial charge >= 0.3 is 0 Å². The molecule has 8 heteroatoms. The van der Waals surface area contributed by atoms with E-state index >= 15 is 0 Å². The maximum Gasteiger partial charge on any atom is 0.226 e. The molecule has 0 atom stereocenters. The van der Waals surface area contributed by atoms with Gasteiger partial charge in [0.1, 0.15) is 24.8 Å². The summed E-state index contributed by atoms with van der Waals surface area (Å²) in [5.74, 6) is 1.79. The van der Waals surface area contributed by atoms with E-state index in [1.165, 1.54) is 11.9 Å². The van der Waals surface area contributed by atoms with Gasteiger partial charge < -0.3 is 9.80 Å². The summed E-state index contributed by atoms with van der Waals surface area (Å²) in [6.07, 6.45) is 7.11. The Balaban J connectivity index is 1.24. The molecule has 0 unspecified atom stereocenters. The van der Waals surface area contributed by atoms with E-state index in [4.69, 9.17) is 0 Å². The van der Waals surface area contributed by atoms with Gasteiger partial charge in [-0.05, 0) is 30.4 Å². The lowest BCUT2D eigenvalue weighted by molar-refractivity contribution is -0.136. The molecule has 2 aromatic carbocycles. The number of aromatic nitrogens is 5. The third-order valence-electron chi connectivity index (χ3n) is 6.50. The van der Waals surface area contributed by atoms with Crippen molar-refractivity contribution in [1.82, 2.24) is 29.6 Å². The van der Waals surface area contributed by atoms with E-state index in [0.29, 0.717) is 18.9 Å². The lowest BCUT2D eigenvalue weighted by Gasteiger charge is -2.35. The monoisotopic (exact) mass is 467 g/mol. The van der Waals surface area contributed by atoms with Crippen LogP contribution < -0.4 is 4.90 Å². The summed E-state index contributed by atoms with van der Waals surface area (Å²) in [5.41, 5.74) is 2.41. The standard InChI is InChI=1S/C27H29N7O/c35-27(33(18-23-9-5-2-6-10-23)14-11-22-7-3-1-4-8-22)24-12-15-32(16-13-24)25-17-26(30-20-29-25)34-21-28-19-31-34/h1-10,17,19-21,24H,11-16,18H2. The molecule has 35 heavy (non-hydrogen) atoms. The van der Waals surface area contributed by atoms with E-state index < -0.39 is 0 Å². The molecule has 1 fully saturated rings. The lowest BCUT2D eigenvalue weighted by atomic mass is 9.94. The molecule has 1 aliphatic rings. The topological polar surface area (TPSA) is 80.0 Å². The molecule has 1 aliphatic heterocycles. The van der Waals surface area contributed by atoms with Crippen LogP contribution in [0.2, 0.25) is 0 Å². The van der Waals surface area contributed by atoms with Gasteiger partial charge in [0, 0.05) is 38.2 Å². The summed E-state index contributed by atoms with van der Waals surface area (Å²) in [6, 6.07) is 22.5. The molecule has 0 aliphatic carbocycles. The normalized spacial score (nSPS) is 14.1. The van der Waals surface area contributed by atoms with Crippen LogP contribution in [0, 0.1) is 5.92 Å². The fourth-order valence-corrected chi connectivity index (χ4v) is 4.56. The maximum absolute atomic E-state index is 13.6. The number of piperidine rings is 1. The lowest BCUT2D eigenvalue weighted by Crippen LogP contribution is -2.43. The Morgan fingerprint density at radius 3 is 2.26 bits per heavy atom. The molecule has 1 saturated heterocycles. The maximum atomic E-state index is 13.6. The highest BCUT2D eigenvalue weighted by molar-refractivity contribution is 5.79. The molecule has 4 aromatic rings. The van der Waals surface area contributed by atoms with E-state index in [-0.39, 0.29) is 11.8 Å². The minimum absolute atomic E-state index is 0.0161. The molecule has 0 radical (unpaired) electrons. The number of anilines is 1. The van der Waals surface area contributed by atoms with Gasteiger partial charge in [-0.1, -0.05) is 60.7 Å². The Kier molecular flexibility index (Phi) is 7.07. The zero-order valence-corrected chi connectivity index (χ0v) is 19.6. The number of hydrogen-bond acceptors (Lipinski definition) is 6. The van der Waals surface area contributed by atoms with E-state index in [1.54, 1.807) is 17.3 Å². The number of nitrogens with zero attached hydrogens (tertiary/aromatic N) is 7. The number of carbonyl (C=O) groups excluding carboxylic acids is 1. The van der Waals surface area contributed by atoms with Crippen molar-refractivity contribution in [2.75, 3.05) is 24.5 Å². The second-order valence-corrected chi connectivity index (χ2v) is 8.82. The van der Waals surface area contributed by atoms with Gasteiger partial charge in [0.15, 0.2) is 5.82 Å². The van der Waals surface area contributed by atoms with E-state index in [1.807, 2.05) is 35.2 Å². The molecular weight excluding hydrogens is 438 g/mol. The molecule has 0 N–H and O–H groups in total. The summed E-state index contributed by atoms with van der Waals surface area (Å²) in [7, 11) is 0. The summed E-state index contributed by atoms with van der Waals surface area (Å²) in [5, 5.41) is 4.15. The Morgan fingerprint density at radius 2 is 1.57 bits per heavy atom. The number of rotatable bonds is 8. The molecule has 0 saturated carbocycles. The summed E-state index contributed by atoms with van der Waals surface area (Å²) >= 11 is 0. The summed E-state index contributed by atoms with van der Waals surface area (Å²) in [6.45, 7) is 2.91. The van der Waals surface area contributed by atoms with Gasteiger partial charge in [-0.3, -0.25) is 4.79 Å². The highest BCUT2D eigenvalue weighted by atomic mass is 16.2. The number of benzene rings is 2. The van der Waals surface area contributed by atoms with Crippen molar-refractivity contribution in [1.29, 1.82) is 0 Å². The minimum atomic E-state index is 0.0161. The van der Waals surface area contributed by atoms with Crippen molar-refractivity contribution in [3.8, 4) is 5.82 Å². The van der Waals surface area contributed by atoms with Crippen LogP contribution in [0.1, 0.15) is 24.0 Å². The summed E-state index contributed by atoms with van der Waals surface area (Å²) in [4.78, 5) is 30.6. The molecule has 0 spiro atoms. The van der Waals surface area contributed by atoms with E-state index in [2.05, 4.69) is 61.3 Å². The van der Waals surface area contributed by atoms with Crippen LogP contribution in [0.15, 0.2) is 85.7 Å². The molecule has 2 aromatic heterocycles. The molecule has 0 bridgehead atoms. The first kappa shape index (κ1) is 22.7. The fourth-order valence-electron chi connectivity index (χ4n) is 4.56. The third kappa shape index (κ3) is 5.71. The van der Waals surface area contributed by atoms with Crippen LogP contribution in [-0.4, -0.2) is 55.2 Å². The fraction of sp³-hybridized carbons (Fsp3) is 0.296. The zero-order chi connectivity index (χ0) is 23.9. The first-order chi connectivity index (χ1) is 17.3. The summed E-state index contributed by atoms with van der Waals surface area (Å²) < 4.78 is 1.62. The Hall–Kier alpha value is -4.07. The number of hydrogen-bond donors (Lipinski definition) is 0. The van der Waals surface area contributed by atoms with Crippen LogP contribution in [0.5, 0.6) is 0 Å². The predicted molar refractivity (Wildman–Crippen MR) is 134 cm³/mol. The third-order valence-corrected chi connectivity index (χ3v) is 6.50. The molecular formula is C27H29N7O. The van der Waals surface area contributed by atoms with Crippen molar-refractivity contribution in [3.63, 3.8) is 0 Å². The number of amides is 1. The van der Waals surface area contributed by atoms with Gasteiger partial charge in [-0.2, -0.15) is 5.10 Å². The average molecular weight is 468 g/mol. The quantitative estimate of drug-likeness (QED) is 0.394. The zero-order valence-electron chi connectivity index (χ0n) is 19.6. The van der Waals surface area contributed by atoms with E-state index in [9.17, 15) is 4.79 Å². The van der Waals surface area contributed by atoms with Crippen LogP contribution in [0.25, 0.3) is 5.82 Å². The molecule has 178 valence electrons. The van der Waals surface area contributed by atoms with Crippen LogP contribution in [0.4, 0.5) is 5.82 Å². The Morgan fingerprint density at radius 1 is 0.886 bits per heavy atom.